The van der Waals surface area contributed by atoms with Crippen LogP contribution in [-0.4, -0.2) is 25.5 Å². The molecule has 23 heavy (non-hydrogen) atoms. The molecule has 5 nitrogen and oxygen atoms in total. The monoisotopic (exact) mass is 310 g/mol. The van der Waals surface area contributed by atoms with E-state index in [9.17, 15) is 9.59 Å². The second-order valence-corrected chi connectivity index (χ2v) is 5.35. The van der Waals surface area contributed by atoms with E-state index in [0.717, 1.165) is 5.56 Å². The van der Waals surface area contributed by atoms with Crippen molar-refractivity contribution in [3.8, 4) is 5.75 Å². The Hall–Kier alpha value is -2.82. The molecule has 3 rings (SSSR count). The second-order valence-electron chi connectivity index (χ2n) is 5.35. The van der Waals surface area contributed by atoms with Crippen molar-refractivity contribution in [2.45, 2.75) is 13.0 Å². The van der Waals surface area contributed by atoms with Crippen LogP contribution in [0.25, 0.3) is 0 Å². The molecule has 118 valence electrons. The Bertz CT molecular complexity index is 728. The fourth-order valence-electron chi connectivity index (χ4n) is 2.65. The number of anilines is 1. The smallest absolute Gasteiger partial charge is 0.322 e. The fourth-order valence-corrected chi connectivity index (χ4v) is 2.65. The first kappa shape index (κ1) is 15.1. The van der Waals surface area contributed by atoms with Gasteiger partial charge in [0.2, 0.25) is 0 Å². The first-order chi connectivity index (χ1) is 11.2. The number of amides is 2. The molecule has 0 radical (unpaired) electrons. The van der Waals surface area contributed by atoms with Crippen LogP contribution in [0, 0.1) is 0 Å². The molecule has 1 N–H and O–H groups in total. The summed E-state index contributed by atoms with van der Waals surface area (Å²) in [4.78, 5) is 26.1. The molecule has 2 aromatic rings. The maximum absolute atomic E-state index is 12.5. The van der Waals surface area contributed by atoms with Gasteiger partial charge in [-0.25, -0.2) is 4.79 Å². The number of carbonyl (C=O) groups excluding carboxylic acids is 2. The van der Waals surface area contributed by atoms with Crippen LogP contribution in [0.15, 0.2) is 48.5 Å². The zero-order valence-corrected chi connectivity index (χ0v) is 12.9. The molecule has 0 fully saturated rings. The number of rotatable bonds is 3. The standard InChI is InChI=1S/C18H18N2O3/c1-23-14-7-8-15-16(11-14)20(10-9-17(15)21)18(22)19-12-13-5-3-2-4-6-13/h2-8,11H,9-10,12H2,1H3,(H,19,22). The average molecular weight is 310 g/mol. The number of methoxy groups -OCH3 is 1. The number of nitrogens with zero attached hydrogens (tertiary/aromatic N) is 1. The minimum Gasteiger partial charge on any atom is -0.497 e. The van der Waals surface area contributed by atoms with Crippen LogP contribution >= 0.6 is 0 Å². The van der Waals surface area contributed by atoms with Gasteiger partial charge in [-0.05, 0) is 17.7 Å². The molecule has 1 aliphatic rings. The largest absolute Gasteiger partial charge is 0.497 e. The van der Waals surface area contributed by atoms with Crippen molar-refractivity contribution in [2.24, 2.45) is 0 Å². The summed E-state index contributed by atoms with van der Waals surface area (Å²) in [6, 6.07) is 14.7. The minimum atomic E-state index is -0.212. The lowest BCUT2D eigenvalue weighted by atomic mass is 10.0. The molecular weight excluding hydrogens is 292 g/mol. The molecule has 0 spiro atoms. The van der Waals surface area contributed by atoms with E-state index in [0.29, 0.717) is 36.5 Å². The van der Waals surface area contributed by atoms with Crippen molar-refractivity contribution >= 4 is 17.5 Å². The third kappa shape index (κ3) is 3.18. The lowest BCUT2D eigenvalue weighted by Gasteiger charge is -2.29. The van der Waals surface area contributed by atoms with Gasteiger partial charge in [0.15, 0.2) is 5.78 Å². The van der Waals surface area contributed by atoms with Crippen molar-refractivity contribution in [2.75, 3.05) is 18.6 Å². The normalized spacial score (nSPS) is 13.4. The fraction of sp³-hybridized carbons (Fsp3) is 0.222. The first-order valence-corrected chi connectivity index (χ1v) is 7.49. The van der Waals surface area contributed by atoms with E-state index in [1.54, 1.807) is 30.2 Å². The molecule has 0 unspecified atom stereocenters. The molecule has 2 aromatic carbocycles. The maximum Gasteiger partial charge on any atom is 0.322 e. The van der Waals surface area contributed by atoms with Crippen LogP contribution in [0.2, 0.25) is 0 Å². The Labute approximate surface area is 134 Å². The van der Waals surface area contributed by atoms with Crippen molar-refractivity contribution in [3.05, 3.63) is 59.7 Å². The molecule has 1 heterocycles. The quantitative estimate of drug-likeness (QED) is 0.948. The molecule has 5 heteroatoms. The number of nitrogens with one attached hydrogen (secondary N) is 1. The van der Waals surface area contributed by atoms with Crippen LogP contribution < -0.4 is 15.0 Å². The number of Topliss-reactive ketones (excluding diaryl/α,β-unsaturated/α-hetero) is 1. The van der Waals surface area contributed by atoms with E-state index >= 15 is 0 Å². The van der Waals surface area contributed by atoms with Gasteiger partial charge in [-0.1, -0.05) is 30.3 Å². The third-order valence-electron chi connectivity index (χ3n) is 3.89. The highest BCUT2D eigenvalue weighted by Gasteiger charge is 2.27. The maximum atomic E-state index is 12.5. The van der Waals surface area contributed by atoms with E-state index < -0.39 is 0 Å². The van der Waals surface area contributed by atoms with Gasteiger partial charge in [0.25, 0.3) is 0 Å². The van der Waals surface area contributed by atoms with E-state index in [2.05, 4.69) is 5.32 Å². The zero-order chi connectivity index (χ0) is 16.2. The highest BCUT2D eigenvalue weighted by atomic mass is 16.5. The highest BCUT2D eigenvalue weighted by molar-refractivity contribution is 6.08. The molecule has 0 atom stereocenters. The van der Waals surface area contributed by atoms with Gasteiger partial charge >= 0.3 is 6.03 Å². The summed E-state index contributed by atoms with van der Waals surface area (Å²) in [5.41, 5.74) is 2.19. The topological polar surface area (TPSA) is 58.6 Å². The predicted octanol–water partition coefficient (Wildman–Crippen LogP) is 3.00. The van der Waals surface area contributed by atoms with Gasteiger partial charge < -0.3 is 10.1 Å². The summed E-state index contributed by atoms with van der Waals surface area (Å²) in [6.45, 7) is 0.822. The Morgan fingerprint density at radius 1 is 1.22 bits per heavy atom. The lowest BCUT2D eigenvalue weighted by Crippen LogP contribution is -2.43. The van der Waals surface area contributed by atoms with Crippen molar-refractivity contribution in [3.63, 3.8) is 0 Å². The van der Waals surface area contributed by atoms with Crippen LogP contribution in [-0.2, 0) is 6.54 Å². The lowest BCUT2D eigenvalue weighted by molar-refractivity contribution is 0.0981. The SMILES string of the molecule is COc1ccc2c(c1)N(C(=O)NCc1ccccc1)CCC2=O. The zero-order valence-electron chi connectivity index (χ0n) is 12.9. The first-order valence-electron chi connectivity index (χ1n) is 7.49. The number of hydrogen-bond donors (Lipinski definition) is 1. The predicted molar refractivity (Wildman–Crippen MR) is 88.0 cm³/mol. The summed E-state index contributed by atoms with van der Waals surface area (Å²) in [7, 11) is 1.56. The number of benzene rings is 2. The van der Waals surface area contributed by atoms with Crippen LogP contribution in [0.3, 0.4) is 0 Å². The van der Waals surface area contributed by atoms with Gasteiger partial charge in [0.05, 0.1) is 12.8 Å². The summed E-state index contributed by atoms with van der Waals surface area (Å²) < 4.78 is 5.20. The van der Waals surface area contributed by atoms with Crippen molar-refractivity contribution in [1.29, 1.82) is 0 Å². The van der Waals surface area contributed by atoms with Gasteiger partial charge in [0.1, 0.15) is 5.75 Å². The van der Waals surface area contributed by atoms with Crippen molar-refractivity contribution in [1.82, 2.24) is 5.32 Å². The number of ketones is 1. The Balaban J connectivity index is 1.79. The average Bonchev–Trinajstić information content (AvgIpc) is 2.60. The van der Waals surface area contributed by atoms with Gasteiger partial charge in [-0.3, -0.25) is 9.69 Å². The molecule has 0 bridgehead atoms. The number of ether oxygens (including phenoxy) is 1. The number of carbonyl (C=O) groups is 2. The Morgan fingerprint density at radius 3 is 2.74 bits per heavy atom. The summed E-state index contributed by atoms with van der Waals surface area (Å²) in [6.07, 6.45) is 0.331. The summed E-state index contributed by atoms with van der Waals surface area (Å²) in [5.74, 6) is 0.675. The number of urea groups is 1. The Morgan fingerprint density at radius 2 is 2.00 bits per heavy atom. The third-order valence-corrected chi connectivity index (χ3v) is 3.89. The van der Waals surface area contributed by atoms with Crippen molar-refractivity contribution < 1.29 is 14.3 Å². The second kappa shape index (κ2) is 6.52. The molecule has 0 aromatic heterocycles. The van der Waals surface area contributed by atoms with E-state index in [-0.39, 0.29) is 11.8 Å². The molecule has 2 amide bonds. The van der Waals surface area contributed by atoms with Gasteiger partial charge in [-0.2, -0.15) is 0 Å². The molecule has 1 aliphatic heterocycles. The molecule has 0 aliphatic carbocycles. The minimum absolute atomic E-state index is 0.0507. The Kier molecular flexibility index (Phi) is 4.28. The summed E-state index contributed by atoms with van der Waals surface area (Å²) >= 11 is 0. The van der Waals surface area contributed by atoms with Gasteiger partial charge in [-0.15, -0.1) is 0 Å². The molecule has 0 saturated heterocycles. The molecule has 0 saturated carbocycles. The van der Waals surface area contributed by atoms with E-state index in [1.807, 2.05) is 30.3 Å². The molecular formula is C18H18N2O3. The number of hydrogen-bond acceptors (Lipinski definition) is 3. The highest BCUT2D eigenvalue weighted by Crippen LogP contribution is 2.30. The van der Waals surface area contributed by atoms with E-state index in [4.69, 9.17) is 4.74 Å². The van der Waals surface area contributed by atoms with Crippen LogP contribution in [0.5, 0.6) is 5.75 Å². The summed E-state index contributed by atoms with van der Waals surface area (Å²) in [5, 5.41) is 2.90. The van der Waals surface area contributed by atoms with Crippen LogP contribution in [0.4, 0.5) is 10.5 Å². The van der Waals surface area contributed by atoms with Crippen LogP contribution in [0.1, 0.15) is 22.3 Å². The number of fused-ring (bicyclic) bond motifs is 1. The van der Waals surface area contributed by atoms with Gasteiger partial charge in [0, 0.05) is 31.1 Å². The van der Waals surface area contributed by atoms with E-state index in [1.165, 1.54) is 0 Å².